The second kappa shape index (κ2) is 7.17. The molecule has 3 rings (SSSR count). The molecule has 1 saturated heterocycles. The molecule has 2 aromatic carbocycles. The van der Waals surface area contributed by atoms with Gasteiger partial charge in [0.2, 0.25) is 0 Å². The van der Waals surface area contributed by atoms with Crippen LogP contribution in [-0.4, -0.2) is 31.1 Å². The first-order valence-electron chi connectivity index (χ1n) is 7.46. The van der Waals surface area contributed by atoms with Gasteiger partial charge in [-0.05, 0) is 42.8 Å². The van der Waals surface area contributed by atoms with E-state index in [4.69, 9.17) is 11.6 Å². The third-order valence-electron chi connectivity index (χ3n) is 3.72. The quantitative estimate of drug-likeness (QED) is 0.873. The lowest BCUT2D eigenvalue weighted by molar-refractivity contribution is 0.102. The molecule has 1 atom stereocenters. The number of carbonyl (C=O) groups excluding carboxylic acids is 1. The highest BCUT2D eigenvalue weighted by Gasteiger charge is 2.29. The summed E-state index contributed by atoms with van der Waals surface area (Å²) in [7, 11) is -2.94. The predicted octanol–water partition coefficient (Wildman–Crippen LogP) is 3.87. The van der Waals surface area contributed by atoms with Crippen molar-refractivity contribution in [1.29, 1.82) is 0 Å². The maximum absolute atomic E-state index is 12.5. The molecule has 24 heavy (non-hydrogen) atoms. The van der Waals surface area contributed by atoms with Gasteiger partial charge in [-0.1, -0.05) is 23.7 Å². The Bertz CT molecular complexity index is 850. The van der Waals surface area contributed by atoms with E-state index in [2.05, 4.69) is 5.32 Å². The zero-order valence-electron chi connectivity index (χ0n) is 12.7. The molecule has 1 fully saturated rings. The molecule has 1 aliphatic rings. The second-order valence-corrected chi connectivity index (χ2v) is 9.61. The molecule has 1 heterocycles. The van der Waals surface area contributed by atoms with Crippen molar-refractivity contribution in [3.8, 4) is 0 Å². The van der Waals surface area contributed by atoms with E-state index in [9.17, 15) is 13.2 Å². The number of hydrogen-bond acceptors (Lipinski definition) is 4. The van der Waals surface area contributed by atoms with E-state index >= 15 is 0 Å². The SMILES string of the molecule is O=C(Nc1ccc(Cl)cc1)c1ccccc1S[C@@H]1CCS(=O)(=O)C1. The van der Waals surface area contributed by atoms with Gasteiger partial charge in [-0.2, -0.15) is 0 Å². The van der Waals surface area contributed by atoms with E-state index in [1.807, 2.05) is 12.1 Å². The Kier molecular flexibility index (Phi) is 5.18. The van der Waals surface area contributed by atoms with Gasteiger partial charge in [0, 0.05) is 20.9 Å². The lowest BCUT2D eigenvalue weighted by Crippen LogP contribution is -2.14. The molecule has 0 unspecified atom stereocenters. The Morgan fingerprint density at radius 2 is 1.83 bits per heavy atom. The third-order valence-corrected chi connectivity index (χ3v) is 7.29. The molecule has 126 valence electrons. The summed E-state index contributed by atoms with van der Waals surface area (Å²) >= 11 is 7.30. The van der Waals surface area contributed by atoms with E-state index < -0.39 is 9.84 Å². The summed E-state index contributed by atoms with van der Waals surface area (Å²) in [4.78, 5) is 13.3. The van der Waals surface area contributed by atoms with Gasteiger partial charge in [0.15, 0.2) is 9.84 Å². The van der Waals surface area contributed by atoms with Gasteiger partial charge in [-0.25, -0.2) is 8.42 Å². The molecule has 1 amide bonds. The van der Waals surface area contributed by atoms with E-state index in [0.717, 1.165) is 4.90 Å². The molecule has 7 heteroatoms. The van der Waals surface area contributed by atoms with Crippen molar-refractivity contribution < 1.29 is 13.2 Å². The standard InChI is InChI=1S/C17H16ClNO3S2/c18-12-5-7-13(8-6-12)19-17(20)15-3-1-2-4-16(15)23-14-9-10-24(21,22)11-14/h1-8,14H,9-11H2,(H,19,20)/t14-/m1/s1. The van der Waals surface area contributed by atoms with Crippen molar-refractivity contribution in [3.05, 3.63) is 59.1 Å². The molecule has 0 spiro atoms. The van der Waals surface area contributed by atoms with Crippen molar-refractivity contribution in [2.75, 3.05) is 16.8 Å². The van der Waals surface area contributed by atoms with Crippen LogP contribution in [0, 0.1) is 0 Å². The highest BCUT2D eigenvalue weighted by Crippen LogP contribution is 2.33. The molecule has 0 radical (unpaired) electrons. The van der Waals surface area contributed by atoms with Crippen LogP contribution >= 0.6 is 23.4 Å². The van der Waals surface area contributed by atoms with Gasteiger partial charge in [0.25, 0.3) is 5.91 Å². The Labute approximate surface area is 150 Å². The Hall–Kier alpha value is -1.50. The number of hydrogen-bond donors (Lipinski definition) is 1. The van der Waals surface area contributed by atoms with E-state index in [-0.39, 0.29) is 22.7 Å². The van der Waals surface area contributed by atoms with Gasteiger partial charge in [0.05, 0.1) is 17.1 Å². The number of rotatable bonds is 4. The van der Waals surface area contributed by atoms with Crippen LogP contribution < -0.4 is 5.32 Å². The van der Waals surface area contributed by atoms with Crippen LogP contribution in [0.3, 0.4) is 0 Å². The minimum absolute atomic E-state index is 0.000480. The Morgan fingerprint density at radius 1 is 1.12 bits per heavy atom. The lowest BCUT2D eigenvalue weighted by Gasteiger charge is -2.12. The summed E-state index contributed by atoms with van der Waals surface area (Å²) < 4.78 is 23.2. The average molecular weight is 382 g/mol. The minimum atomic E-state index is -2.94. The van der Waals surface area contributed by atoms with Gasteiger partial charge < -0.3 is 5.32 Å². The van der Waals surface area contributed by atoms with E-state index in [1.165, 1.54) is 11.8 Å². The Morgan fingerprint density at radius 3 is 2.50 bits per heavy atom. The zero-order valence-corrected chi connectivity index (χ0v) is 15.1. The van der Waals surface area contributed by atoms with Crippen molar-refractivity contribution in [2.24, 2.45) is 0 Å². The summed E-state index contributed by atoms with van der Waals surface area (Å²) in [6.07, 6.45) is 0.625. The minimum Gasteiger partial charge on any atom is -0.322 e. The van der Waals surface area contributed by atoms with Crippen LogP contribution in [0.1, 0.15) is 16.8 Å². The number of halogens is 1. The molecule has 0 saturated carbocycles. The number of thioether (sulfide) groups is 1. The third kappa shape index (κ3) is 4.32. The number of benzene rings is 2. The van der Waals surface area contributed by atoms with Crippen LogP contribution in [0.15, 0.2) is 53.4 Å². The van der Waals surface area contributed by atoms with Crippen molar-refractivity contribution in [1.82, 2.24) is 0 Å². The number of nitrogens with one attached hydrogen (secondary N) is 1. The van der Waals surface area contributed by atoms with Gasteiger partial charge in [0.1, 0.15) is 0 Å². The maximum atomic E-state index is 12.5. The first-order chi connectivity index (χ1) is 11.4. The first kappa shape index (κ1) is 17.3. The first-order valence-corrected chi connectivity index (χ1v) is 10.5. The van der Waals surface area contributed by atoms with Crippen molar-refractivity contribution in [3.63, 3.8) is 0 Å². The van der Waals surface area contributed by atoms with Crippen LogP contribution in [-0.2, 0) is 9.84 Å². The predicted molar refractivity (Wildman–Crippen MR) is 98.8 cm³/mol. The normalized spacial score (nSPS) is 19.1. The highest BCUT2D eigenvalue weighted by molar-refractivity contribution is 8.02. The fourth-order valence-corrected chi connectivity index (χ4v) is 6.27. The van der Waals surface area contributed by atoms with Crippen LogP contribution in [0.5, 0.6) is 0 Å². The van der Waals surface area contributed by atoms with Crippen molar-refractivity contribution >= 4 is 44.8 Å². The highest BCUT2D eigenvalue weighted by atomic mass is 35.5. The smallest absolute Gasteiger partial charge is 0.256 e. The summed E-state index contributed by atoms with van der Waals surface area (Å²) in [5.41, 5.74) is 1.20. The van der Waals surface area contributed by atoms with Gasteiger partial charge in [-0.15, -0.1) is 11.8 Å². The number of carbonyl (C=O) groups is 1. The topological polar surface area (TPSA) is 63.2 Å². The van der Waals surface area contributed by atoms with Crippen molar-refractivity contribution in [2.45, 2.75) is 16.6 Å². The Balaban J connectivity index is 1.76. The summed E-state index contributed by atoms with van der Waals surface area (Å²) in [5.74, 6) is 0.176. The second-order valence-electron chi connectivity index (χ2n) is 5.60. The summed E-state index contributed by atoms with van der Waals surface area (Å²) in [6, 6.07) is 14.1. The number of anilines is 1. The fourth-order valence-electron chi connectivity index (χ4n) is 2.52. The molecule has 0 aromatic heterocycles. The summed E-state index contributed by atoms with van der Waals surface area (Å²) in [6.45, 7) is 0. The van der Waals surface area contributed by atoms with Gasteiger partial charge >= 0.3 is 0 Å². The van der Waals surface area contributed by atoms with E-state index in [0.29, 0.717) is 22.7 Å². The molecular weight excluding hydrogens is 366 g/mol. The number of amides is 1. The fraction of sp³-hybridized carbons (Fsp3) is 0.235. The zero-order chi connectivity index (χ0) is 17.2. The molecule has 1 aliphatic heterocycles. The molecule has 0 aliphatic carbocycles. The largest absolute Gasteiger partial charge is 0.322 e. The van der Waals surface area contributed by atoms with Crippen LogP contribution in [0.2, 0.25) is 5.02 Å². The lowest BCUT2D eigenvalue weighted by atomic mass is 10.2. The van der Waals surface area contributed by atoms with Gasteiger partial charge in [-0.3, -0.25) is 4.79 Å². The molecule has 0 bridgehead atoms. The molecule has 2 aromatic rings. The number of sulfone groups is 1. The van der Waals surface area contributed by atoms with E-state index in [1.54, 1.807) is 36.4 Å². The van der Waals surface area contributed by atoms with Crippen LogP contribution in [0.4, 0.5) is 5.69 Å². The monoisotopic (exact) mass is 381 g/mol. The molecule has 4 nitrogen and oxygen atoms in total. The molecule has 1 N–H and O–H groups in total. The van der Waals surface area contributed by atoms with Crippen LogP contribution in [0.25, 0.3) is 0 Å². The molecular formula is C17H16ClNO3S2. The average Bonchev–Trinajstić information content (AvgIpc) is 2.89. The summed E-state index contributed by atoms with van der Waals surface area (Å²) in [5, 5.41) is 3.44. The maximum Gasteiger partial charge on any atom is 0.256 e.